The van der Waals surface area contributed by atoms with E-state index in [9.17, 15) is 9.90 Å². The molecule has 0 spiro atoms. The van der Waals surface area contributed by atoms with Gasteiger partial charge in [-0.25, -0.2) is 0 Å². The van der Waals surface area contributed by atoms with Crippen molar-refractivity contribution >= 4 is 35.7 Å². The average molecular weight is 451 g/mol. The van der Waals surface area contributed by atoms with Gasteiger partial charge in [-0.1, -0.05) is 47.1 Å². The highest BCUT2D eigenvalue weighted by molar-refractivity contribution is 6.31. The highest BCUT2D eigenvalue weighted by atomic mass is 35.5. The number of oxime groups is 1. The molecule has 5 nitrogen and oxygen atoms in total. The molecule has 1 fully saturated rings. The minimum atomic E-state index is -0.714. The van der Waals surface area contributed by atoms with Gasteiger partial charge in [0.25, 0.3) is 0 Å². The van der Waals surface area contributed by atoms with E-state index in [0.717, 1.165) is 47.4 Å². The Morgan fingerprint density at radius 3 is 2.63 bits per heavy atom. The van der Waals surface area contributed by atoms with Crippen molar-refractivity contribution in [2.45, 2.75) is 26.7 Å². The van der Waals surface area contributed by atoms with Gasteiger partial charge < -0.3 is 9.94 Å². The first kappa shape index (κ1) is 24.2. The molecule has 1 atom stereocenters. The number of hydrogen-bond donors (Lipinski definition) is 1. The van der Waals surface area contributed by atoms with Gasteiger partial charge in [-0.05, 0) is 56.5 Å². The molecule has 3 rings (SSSR count). The second kappa shape index (κ2) is 11.3. The van der Waals surface area contributed by atoms with Gasteiger partial charge in [-0.15, -0.1) is 12.4 Å². The van der Waals surface area contributed by atoms with E-state index in [1.807, 2.05) is 43.3 Å². The number of piperidine rings is 1. The minimum absolute atomic E-state index is 0. The van der Waals surface area contributed by atoms with Gasteiger partial charge in [0, 0.05) is 29.2 Å². The molecule has 1 N–H and O–H groups in total. The van der Waals surface area contributed by atoms with Crippen molar-refractivity contribution in [2.24, 2.45) is 11.1 Å². The van der Waals surface area contributed by atoms with E-state index in [-0.39, 0.29) is 18.3 Å². The third kappa shape index (κ3) is 6.21. The van der Waals surface area contributed by atoms with Crippen molar-refractivity contribution in [2.75, 3.05) is 26.2 Å². The number of rotatable bonds is 7. The Hall–Kier alpha value is -2.08. The van der Waals surface area contributed by atoms with Crippen LogP contribution >= 0.6 is 24.0 Å². The first-order chi connectivity index (χ1) is 14.0. The van der Waals surface area contributed by atoms with Crippen molar-refractivity contribution in [1.29, 1.82) is 0 Å². The lowest BCUT2D eigenvalue weighted by Crippen LogP contribution is -2.40. The quantitative estimate of drug-likeness (QED) is 0.368. The Morgan fingerprint density at radius 2 is 1.93 bits per heavy atom. The summed E-state index contributed by atoms with van der Waals surface area (Å²) in [6.07, 6.45) is 1.65. The number of halogens is 2. The molecule has 2 aromatic carbocycles. The molecule has 0 saturated carbocycles. The zero-order chi connectivity index (χ0) is 20.8. The van der Waals surface area contributed by atoms with Crippen LogP contribution in [0.15, 0.2) is 47.6 Å². The molecule has 2 aromatic rings. The van der Waals surface area contributed by atoms with Gasteiger partial charge in [0.2, 0.25) is 0 Å². The van der Waals surface area contributed by atoms with Crippen LogP contribution in [-0.4, -0.2) is 47.9 Å². The van der Waals surface area contributed by atoms with E-state index in [1.165, 1.54) is 0 Å². The highest BCUT2D eigenvalue weighted by Crippen LogP contribution is 2.21. The lowest BCUT2D eigenvalue weighted by Gasteiger charge is -2.30. The molecule has 1 saturated heterocycles. The maximum atomic E-state index is 11.2. The lowest BCUT2D eigenvalue weighted by atomic mass is 9.95. The van der Waals surface area contributed by atoms with Crippen LogP contribution in [0.25, 0.3) is 0 Å². The first-order valence-electron chi connectivity index (χ1n) is 9.93. The van der Waals surface area contributed by atoms with Crippen LogP contribution in [0.4, 0.5) is 0 Å². The topological polar surface area (TPSA) is 62.1 Å². The lowest BCUT2D eigenvalue weighted by molar-refractivity contribution is -0.143. The van der Waals surface area contributed by atoms with Crippen molar-refractivity contribution < 1.29 is 14.7 Å². The number of carbonyl (C=O) groups is 1. The van der Waals surface area contributed by atoms with Crippen molar-refractivity contribution in [3.63, 3.8) is 0 Å². The van der Waals surface area contributed by atoms with Gasteiger partial charge in [-0.3, -0.25) is 9.69 Å². The fourth-order valence-corrected chi connectivity index (χ4v) is 3.94. The molecule has 0 aromatic heterocycles. The summed E-state index contributed by atoms with van der Waals surface area (Å²) >= 11 is 6.13. The maximum absolute atomic E-state index is 11.2. The third-order valence-corrected chi connectivity index (χ3v) is 5.59. The van der Waals surface area contributed by atoms with Crippen LogP contribution in [0.3, 0.4) is 0 Å². The predicted octanol–water partition coefficient (Wildman–Crippen LogP) is 4.94. The minimum Gasteiger partial charge on any atom is -0.481 e. The number of aryl methyl sites for hydroxylation is 2. The zero-order valence-corrected chi connectivity index (χ0v) is 18.9. The second-order valence-corrected chi connectivity index (χ2v) is 7.96. The van der Waals surface area contributed by atoms with Crippen molar-refractivity contribution in [3.05, 3.63) is 69.7 Å². The molecule has 0 aliphatic carbocycles. The summed E-state index contributed by atoms with van der Waals surface area (Å²) in [5, 5.41) is 14.4. The van der Waals surface area contributed by atoms with E-state index >= 15 is 0 Å². The molecular weight excluding hydrogens is 423 g/mol. The fourth-order valence-electron chi connectivity index (χ4n) is 3.72. The number of hydrogen-bond acceptors (Lipinski definition) is 4. The molecule has 1 aliphatic heterocycles. The number of nitrogens with zero attached hydrogens (tertiary/aromatic N) is 2. The molecule has 1 aliphatic rings. The predicted molar refractivity (Wildman–Crippen MR) is 123 cm³/mol. The van der Waals surface area contributed by atoms with Crippen molar-refractivity contribution in [1.82, 2.24) is 4.90 Å². The van der Waals surface area contributed by atoms with Gasteiger partial charge >= 0.3 is 5.97 Å². The summed E-state index contributed by atoms with van der Waals surface area (Å²) in [7, 11) is 0. The van der Waals surface area contributed by atoms with E-state index in [0.29, 0.717) is 24.7 Å². The van der Waals surface area contributed by atoms with Crippen molar-refractivity contribution in [3.8, 4) is 0 Å². The number of benzene rings is 2. The third-order valence-electron chi connectivity index (χ3n) is 5.35. The molecule has 30 heavy (non-hydrogen) atoms. The summed E-state index contributed by atoms with van der Waals surface area (Å²) in [5.74, 6) is -1.000. The Kier molecular flexibility index (Phi) is 9.15. The van der Waals surface area contributed by atoms with Crippen LogP contribution in [0.1, 0.15) is 35.1 Å². The largest absolute Gasteiger partial charge is 0.481 e. The zero-order valence-electron chi connectivity index (χ0n) is 17.3. The molecule has 0 radical (unpaired) electrons. The summed E-state index contributed by atoms with van der Waals surface area (Å²) in [4.78, 5) is 19.1. The van der Waals surface area contributed by atoms with E-state index in [4.69, 9.17) is 16.4 Å². The summed E-state index contributed by atoms with van der Waals surface area (Å²) in [6, 6.07) is 13.8. The number of likely N-dealkylation sites (tertiary alicyclic amines) is 1. The SMILES string of the molecule is Cc1ccccc1/C(=N\OCCN1CCCC(C(=O)O)C1)c1ccc(Cl)cc1C.Cl. The van der Waals surface area contributed by atoms with Gasteiger partial charge in [0.15, 0.2) is 0 Å². The van der Waals surface area contributed by atoms with Crippen LogP contribution < -0.4 is 0 Å². The molecule has 1 unspecified atom stereocenters. The number of aliphatic carboxylic acids is 1. The highest BCUT2D eigenvalue weighted by Gasteiger charge is 2.25. The molecule has 162 valence electrons. The monoisotopic (exact) mass is 450 g/mol. The smallest absolute Gasteiger partial charge is 0.307 e. The van der Waals surface area contributed by atoms with Gasteiger partial charge in [0.1, 0.15) is 12.3 Å². The van der Waals surface area contributed by atoms with Gasteiger partial charge in [-0.2, -0.15) is 0 Å². The second-order valence-electron chi connectivity index (χ2n) is 7.53. The van der Waals surface area contributed by atoms with Crippen LogP contribution in [0, 0.1) is 19.8 Å². The van der Waals surface area contributed by atoms with Gasteiger partial charge in [0.05, 0.1) is 5.92 Å². The normalized spacial score (nSPS) is 17.3. The summed E-state index contributed by atoms with van der Waals surface area (Å²) in [5.41, 5.74) is 4.92. The van der Waals surface area contributed by atoms with Crippen LogP contribution in [0.5, 0.6) is 0 Å². The Labute approximate surface area is 189 Å². The van der Waals surface area contributed by atoms with E-state index in [2.05, 4.69) is 23.0 Å². The first-order valence-corrected chi connectivity index (χ1v) is 10.3. The standard InChI is InChI=1S/C23H27ClN2O3.ClH/c1-16-6-3-4-8-20(16)22(21-10-9-19(24)14-17(21)2)25-29-13-12-26-11-5-7-18(15-26)23(27)28;/h3-4,6,8-10,14,18H,5,7,11-13,15H2,1-2H3,(H,27,28);1H/b25-22+;. The van der Waals surface area contributed by atoms with E-state index in [1.54, 1.807) is 0 Å². The molecule has 0 amide bonds. The van der Waals surface area contributed by atoms with Crippen LogP contribution in [0.2, 0.25) is 5.02 Å². The molecular formula is C23H28Cl2N2O3. The molecule has 7 heteroatoms. The number of carboxylic acids is 1. The fraction of sp³-hybridized carbons (Fsp3) is 0.391. The maximum Gasteiger partial charge on any atom is 0.307 e. The van der Waals surface area contributed by atoms with E-state index < -0.39 is 5.97 Å². The molecule has 0 bridgehead atoms. The Bertz CT molecular complexity index is 902. The summed E-state index contributed by atoms with van der Waals surface area (Å²) < 4.78 is 0. The average Bonchev–Trinajstić information content (AvgIpc) is 2.70. The Balaban J connectivity index is 0.00000320. The number of carboxylic acid groups (broad SMARTS) is 1. The summed E-state index contributed by atoms with van der Waals surface area (Å²) in [6.45, 7) is 6.61. The molecule has 1 heterocycles. The Morgan fingerprint density at radius 1 is 1.20 bits per heavy atom. The van der Waals surface area contributed by atoms with Crippen LogP contribution in [-0.2, 0) is 9.63 Å².